The van der Waals surface area contributed by atoms with E-state index in [1.165, 1.54) is 11.8 Å². The molecule has 29 heavy (non-hydrogen) atoms. The van der Waals surface area contributed by atoms with Crippen molar-refractivity contribution in [2.75, 3.05) is 11.4 Å². The van der Waals surface area contributed by atoms with Crippen molar-refractivity contribution in [2.45, 2.75) is 26.3 Å². The van der Waals surface area contributed by atoms with E-state index in [0.29, 0.717) is 32.9 Å². The predicted molar refractivity (Wildman–Crippen MR) is 123 cm³/mol. The number of thiocarbonyl (C=S) groups is 1. The number of fused-ring (bicyclic) bond motifs is 1. The van der Waals surface area contributed by atoms with E-state index >= 15 is 0 Å². The van der Waals surface area contributed by atoms with Crippen LogP contribution in [0.2, 0.25) is 5.02 Å². The predicted octanol–water partition coefficient (Wildman–Crippen LogP) is 5.26. The van der Waals surface area contributed by atoms with Crippen LogP contribution in [0.15, 0.2) is 53.4 Å². The van der Waals surface area contributed by atoms with Gasteiger partial charge in [0.2, 0.25) is 0 Å². The molecule has 2 aliphatic rings. The lowest BCUT2D eigenvalue weighted by Gasteiger charge is -2.17. The van der Waals surface area contributed by atoms with Crippen LogP contribution < -0.4 is 4.90 Å². The minimum Gasteiger partial charge on any atom is -0.303 e. The Bertz CT molecular complexity index is 1030. The number of anilines is 1. The Kier molecular flexibility index (Phi) is 5.76. The first-order chi connectivity index (χ1) is 14.0. The maximum Gasteiger partial charge on any atom is 0.267 e. The molecule has 148 valence electrons. The summed E-state index contributed by atoms with van der Waals surface area (Å²) in [4.78, 5) is 30.2. The number of amides is 2. The highest BCUT2D eigenvalue weighted by Gasteiger charge is 2.41. The average molecular weight is 443 g/mol. The first-order valence-electron chi connectivity index (χ1n) is 9.45. The Labute approximate surface area is 184 Å². The lowest BCUT2D eigenvalue weighted by Crippen LogP contribution is -2.30. The smallest absolute Gasteiger partial charge is 0.267 e. The van der Waals surface area contributed by atoms with Crippen molar-refractivity contribution in [1.82, 2.24) is 4.90 Å². The van der Waals surface area contributed by atoms with Crippen molar-refractivity contribution in [1.29, 1.82) is 0 Å². The number of unbranched alkanes of at least 4 members (excludes halogenated alkanes) is 1. The van der Waals surface area contributed by atoms with Crippen molar-refractivity contribution < 1.29 is 9.59 Å². The number of hydrogen-bond donors (Lipinski definition) is 0. The molecule has 7 heteroatoms. The van der Waals surface area contributed by atoms with Crippen LogP contribution in [-0.2, 0) is 16.1 Å². The van der Waals surface area contributed by atoms with Gasteiger partial charge in [0.1, 0.15) is 4.32 Å². The van der Waals surface area contributed by atoms with E-state index < -0.39 is 0 Å². The zero-order valence-corrected chi connectivity index (χ0v) is 18.2. The third-order valence-electron chi connectivity index (χ3n) is 4.99. The Balaban J connectivity index is 1.73. The van der Waals surface area contributed by atoms with Gasteiger partial charge in [-0.2, -0.15) is 0 Å². The molecule has 1 fully saturated rings. The van der Waals surface area contributed by atoms with Gasteiger partial charge in [0, 0.05) is 17.1 Å². The second-order valence-corrected chi connectivity index (χ2v) is 9.00. The monoisotopic (exact) mass is 442 g/mol. The number of carbonyl (C=O) groups is 2. The molecular formula is C22H19ClN2O2S2. The summed E-state index contributed by atoms with van der Waals surface area (Å²) in [6.45, 7) is 3.07. The minimum absolute atomic E-state index is 0.167. The summed E-state index contributed by atoms with van der Waals surface area (Å²) in [5.74, 6) is -0.336. The van der Waals surface area contributed by atoms with Crippen LogP contribution >= 0.6 is 35.6 Å². The molecule has 0 spiro atoms. The molecule has 1 saturated heterocycles. The van der Waals surface area contributed by atoms with Crippen molar-refractivity contribution in [2.24, 2.45) is 0 Å². The summed E-state index contributed by atoms with van der Waals surface area (Å²) in [6.07, 6.45) is 1.85. The molecule has 0 radical (unpaired) electrons. The molecule has 0 aliphatic carbocycles. The van der Waals surface area contributed by atoms with Crippen molar-refractivity contribution >= 4 is 63.0 Å². The summed E-state index contributed by atoms with van der Waals surface area (Å²) in [7, 11) is 0. The van der Waals surface area contributed by atoms with E-state index in [1.54, 1.807) is 9.80 Å². The molecule has 0 aromatic heterocycles. The first-order valence-corrected chi connectivity index (χ1v) is 11.0. The van der Waals surface area contributed by atoms with Crippen LogP contribution in [-0.4, -0.2) is 27.6 Å². The number of thioether (sulfide) groups is 1. The van der Waals surface area contributed by atoms with E-state index in [0.717, 1.165) is 29.7 Å². The largest absolute Gasteiger partial charge is 0.303 e. The Morgan fingerprint density at radius 1 is 1.00 bits per heavy atom. The van der Waals surface area contributed by atoms with Crippen LogP contribution in [0.1, 0.15) is 30.9 Å². The second-order valence-electron chi connectivity index (χ2n) is 6.92. The van der Waals surface area contributed by atoms with Crippen LogP contribution in [0.3, 0.4) is 0 Å². The van der Waals surface area contributed by atoms with Crippen LogP contribution in [0.25, 0.3) is 5.57 Å². The van der Waals surface area contributed by atoms with E-state index in [9.17, 15) is 9.59 Å². The molecule has 2 aromatic carbocycles. The highest BCUT2D eigenvalue weighted by molar-refractivity contribution is 8.26. The lowest BCUT2D eigenvalue weighted by molar-refractivity contribution is -0.122. The number of nitrogens with zero attached hydrogens (tertiary/aromatic N) is 2. The summed E-state index contributed by atoms with van der Waals surface area (Å²) in [5.41, 5.74) is 3.00. The van der Waals surface area contributed by atoms with Gasteiger partial charge in [-0.1, -0.05) is 79.3 Å². The molecule has 0 saturated carbocycles. The number of benzene rings is 2. The molecule has 4 nitrogen and oxygen atoms in total. The summed E-state index contributed by atoms with van der Waals surface area (Å²) < 4.78 is 0.521. The number of carbonyl (C=O) groups excluding carboxylic acids is 2. The fraction of sp³-hybridized carbons (Fsp3) is 0.227. The van der Waals surface area contributed by atoms with E-state index in [2.05, 4.69) is 6.92 Å². The number of hydrogen-bond acceptors (Lipinski definition) is 4. The fourth-order valence-electron chi connectivity index (χ4n) is 3.49. The summed E-state index contributed by atoms with van der Waals surface area (Å²) in [6, 6.07) is 15.0. The Morgan fingerprint density at radius 3 is 2.45 bits per heavy atom. The Morgan fingerprint density at radius 2 is 1.72 bits per heavy atom. The SMILES string of the molecule is CCCCN1C(=O)/C(=C2/C(=O)N(Cc3ccc(Cl)cc3)c3ccccc32)SC1=S. The molecule has 4 rings (SSSR count). The molecule has 2 amide bonds. The fourth-order valence-corrected chi connectivity index (χ4v) is 4.99. The Hall–Kier alpha value is -2.15. The second kappa shape index (κ2) is 8.30. The van der Waals surface area contributed by atoms with Gasteiger partial charge in [-0.3, -0.25) is 14.5 Å². The highest BCUT2D eigenvalue weighted by Crippen LogP contribution is 2.45. The first kappa shape index (κ1) is 20.1. The van der Waals surface area contributed by atoms with Gasteiger partial charge in [-0.15, -0.1) is 0 Å². The van der Waals surface area contributed by atoms with Gasteiger partial charge in [0.25, 0.3) is 11.8 Å². The molecule has 0 atom stereocenters. The molecule has 2 heterocycles. The number of rotatable bonds is 5. The molecule has 0 unspecified atom stereocenters. The number of para-hydroxylation sites is 1. The molecule has 0 bridgehead atoms. The standard InChI is InChI=1S/C22H19ClN2O2S2/c1-2-3-12-24-21(27)19(29-22(24)28)18-16-6-4-5-7-17(16)25(20(18)26)13-14-8-10-15(23)11-9-14/h4-11H,2-3,12-13H2,1H3/b19-18-. The van der Waals surface area contributed by atoms with Crippen LogP contribution in [0.5, 0.6) is 0 Å². The third kappa shape index (κ3) is 3.72. The van der Waals surface area contributed by atoms with E-state index in [4.69, 9.17) is 23.8 Å². The van der Waals surface area contributed by atoms with Gasteiger partial charge >= 0.3 is 0 Å². The normalized spacial score (nSPS) is 18.8. The van der Waals surface area contributed by atoms with Crippen molar-refractivity contribution in [3.63, 3.8) is 0 Å². The van der Waals surface area contributed by atoms with Gasteiger partial charge < -0.3 is 4.90 Å². The average Bonchev–Trinajstić information content (AvgIpc) is 3.15. The molecule has 0 N–H and O–H groups in total. The van der Waals surface area contributed by atoms with Crippen molar-refractivity contribution in [3.05, 3.63) is 69.6 Å². The quantitative estimate of drug-likeness (QED) is 0.468. The maximum atomic E-state index is 13.4. The van der Waals surface area contributed by atoms with Gasteiger partial charge in [-0.25, -0.2) is 0 Å². The van der Waals surface area contributed by atoms with E-state index in [-0.39, 0.29) is 11.8 Å². The van der Waals surface area contributed by atoms with Gasteiger partial charge in [0.05, 0.1) is 22.7 Å². The third-order valence-corrected chi connectivity index (χ3v) is 6.69. The minimum atomic E-state index is -0.169. The maximum absolute atomic E-state index is 13.4. The van der Waals surface area contributed by atoms with E-state index in [1.807, 2.05) is 48.5 Å². The summed E-state index contributed by atoms with van der Waals surface area (Å²) >= 11 is 12.6. The molecular weight excluding hydrogens is 424 g/mol. The van der Waals surface area contributed by atoms with Gasteiger partial charge in [0.15, 0.2) is 0 Å². The zero-order chi connectivity index (χ0) is 20.5. The summed E-state index contributed by atoms with van der Waals surface area (Å²) in [5, 5.41) is 0.651. The molecule has 2 aromatic rings. The topological polar surface area (TPSA) is 40.6 Å². The zero-order valence-electron chi connectivity index (χ0n) is 15.9. The van der Waals surface area contributed by atoms with Crippen LogP contribution in [0, 0.1) is 0 Å². The van der Waals surface area contributed by atoms with Crippen molar-refractivity contribution in [3.8, 4) is 0 Å². The lowest BCUT2D eigenvalue weighted by atomic mass is 10.1. The van der Waals surface area contributed by atoms with Gasteiger partial charge in [-0.05, 0) is 30.2 Å². The number of halogens is 1. The molecule has 2 aliphatic heterocycles. The van der Waals surface area contributed by atoms with Crippen LogP contribution in [0.4, 0.5) is 5.69 Å². The highest BCUT2D eigenvalue weighted by atomic mass is 35.5.